The lowest BCUT2D eigenvalue weighted by molar-refractivity contribution is -0.118. The van der Waals surface area contributed by atoms with E-state index in [0.717, 1.165) is 44.6 Å². The topological polar surface area (TPSA) is 67.4 Å². The van der Waals surface area contributed by atoms with E-state index in [1.165, 1.54) is 6.07 Å². The molecule has 0 aliphatic heterocycles. The van der Waals surface area contributed by atoms with E-state index in [1.807, 2.05) is 0 Å². The lowest BCUT2D eigenvalue weighted by Crippen LogP contribution is -2.30. The van der Waals surface area contributed by atoms with Crippen molar-refractivity contribution in [2.75, 3.05) is 11.9 Å². The molecule has 2 amide bonds. The third kappa shape index (κ3) is 5.30. The summed E-state index contributed by atoms with van der Waals surface area (Å²) in [6.45, 7) is 0.0882. The largest absolute Gasteiger partial charge is 0.489 e. The molecule has 0 bridgehead atoms. The van der Waals surface area contributed by atoms with Gasteiger partial charge in [0.15, 0.2) is 0 Å². The predicted octanol–water partition coefficient (Wildman–Crippen LogP) is 4.36. The highest BCUT2D eigenvalue weighted by atomic mass is 35.5. The summed E-state index contributed by atoms with van der Waals surface area (Å²) < 4.78 is 20.3. The fraction of sp³-hybridized carbons (Fsp3) is 0.455. The summed E-state index contributed by atoms with van der Waals surface area (Å²) >= 11 is 6.12. The number of rotatable bonds is 6. The molecule has 2 N–H and O–H groups in total. The van der Waals surface area contributed by atoms with Crippen LogP contribution in [0.15, 0.2) is 23.3 Å². The fourth-order valence-corrected chi connectivity index (χ4v) is 3.94. The minimum absolute atomic E-state index is 0.0196. The number of hydrogen-bond acceptors (Lipinski definition) is 3. The van der Waals surface area contributed by atoms with Crippen molar-refractivity contribution in [3.05, 3.63) is 34.1 Å². The molecular weight excluding hydrogens is 395 g/mol. The van der Waals surface area contributed by atoms with E-state index in [0.29, 0.717) is 29.7 Å². The Kier molecular flexibility index (Phi) is 7.16. The van der Waals surface area contributed by atoms with Gasteiger partial charge in [0.2, 0.25) is 5.91 Å². The Morgan fingerprint density at radius 3 is 2.45 bits per heavy atom. The van der Waals surface area contributed by atoms with Gasteiger partial charge >= 0.3 is 0 Å². The van der Waals surface area contributed by atoms with E-state index < -0.39 is 11.7 Å². The summed E-state index contributed by atoms with van der Waals surface area (Å²) in [5, 5.41) is 5.34. The van der Waals surface area contributed by atoms with Gasteiger partial charge in [0.05, 0.1) is 23.4 Å². The van der Waals surface area contributed by atoms with Crippen LogP contribution in [0.3, 0.4) is 0 Å². The normalized spacial score (nSPS) is 17.0. The van der Waals surface area contributed by atoms with Crippen LogP contribution < -0.4 is 15.4 Å². The maximum Gasteiger partial charge on any atom is 0.252 e. The molecule has 2 aliphatic rings. The summed E-state index contributed by atoms with van der Waals surface area (Å²) in [5.41, 5.74) is 0.744. The predicted molar refractivity (Wildman–Crippen MR) is 110 cm³/mol. The smallest absolute Gasteiger partial charge is 0.252 e. The molecule has 0 radical (unpaired) electrons. The van der Waals surface area contributed by atoms with Crippen molar-refractivity contribution in [3.63, 3.8) is 0 Å². The number of ether oxygens (including phenoxy) is 1. The molecule has 2 aliphatic carbocycles. The molecule has 1 aromatic rings. The van der Waals surface area contributed by atoms with Crippen LogP contribution in [0, 0.1) is 18.2 Å². The molecule has 29 heavy (non-hydrogen) atoms. The highest BCUT2D eigenvalue weighted by molar-refractivity contribution is 6.32. The number of anilines is 1. The van der Waals surface area contributed by atoms with E-state index in [9.17, 15) is 14.0 Å². The van der Waals surface area contributed by atoms with Crippen LogP contribution in [-0.4, -0.2) is 24.5 Å². The average molecular weight is 419 g/mol. The Balaban J connectivity index is 1.80. The van der Waals surface area contributed by atoms with Gasteiger partial charge in [0.25, 0.3) is 5.91 Å². The minimum Gasteiger partial charge on any atom is -0.489 e. The standard InChI is InChI=1S/C22H24ClFN2O3/c1-2-11-25-21(27)15-9-5-6-10-16(15)22(28)26-19-13-20(17(23)12-18(19)24)29-14-7-3-4-8-14/h1,12-14H,3-11H2,(H,25,27)(H,26,28). The van der Waals surface area contributed by atoms with Gasteiger partial charge in [-0.3, -0.25) is 9.59 Å². The molecule has 1 saturated carbocycles. The van der Waals surface area contributed by atoms with Gasteiger partial charge < -0.3 is 15.4 Å². The molecule has 0 spiro atoms. The van der Waals surface area contributed by atoms with Crippen LogP contribution in [-0.2, 0) is 9.59 Å². The summed E-state index contributed by atoms with van der Waals surface area (Å²) in [4.78, 5) is 25.1. The lowest BCUT2D eigenvalue weighted by atomic mass is 9.90. The molecule has 154 valence electrons. The third-order valence-corrected chi connectivity index (χ3v) is 5.53. The summed E-state index contributed by atoms with van der Waals surface area (Å²) in [7, 11) is 0. The molecular formula is C22H24ClFN2O3. The first kappa shape index (κ1) is 21.2. The van der Waals surface area contributed by atoms with Crippen LogP contribution in [0.25, 0.3) is 0 Å². The first-order valence-electron chi connectivity index (χ1n) is 9.90. The number of hydrogen-bond donors (Lipinski definition) is 2. The Hall–Kier alpha value is -2.52. The molecule has 0 atom stereocenters. The first-order valence-corrected chi connectivity index (χ1v) is 10.3. The van der Waals surface area contributed by atoms with Crippen LogP contribution in [0.1, 0.15) is 51.4 Å². The van der Waals surface area contributed by atoms with Crippen molar-refractivity contribution in [2.24, 2.45) is 0 Å². The number of nitrogens with one attached hydrogen (secondary N) is 2. The lowest BCUT2D eigenvalue weighted by Gasteiger charge is -2.20. The SMILES string of the molecule is C#CCNC(=O)C1=C(C(=O)Nc2cc(OC3CCCC3)c(Cl)cc2F)CCCC1. The van der Waals surface area contributed by atoms with Gasteiger partial charge in [0.1, 0.15) is 11.6 Å². The molecule has 1 aromatic carbocycles. The number of carbonyl (C=O) groups excluding carboxylic acids is 2. The highest BCUT2D eigenvalue weighted by Gasteiger charge is 2.25. The number of terminal acetylenes is 1. The van der Waals surface area contributed by atoms with Gasteiger partial charge in [-0.05, 0) is 57.4 Å². The summed E-state index contributed by atoms with van der Waals surface area (Å²) in [6, 6.07) is 2.55. The molecule has 0 unspecified atom stereocenters. The van der Waals surface area contributed by atoms with Crippen LogP contribution in [0.2, 0.25) is 5.02 Å². The summed E-state index contributed by atoms with van der Waals surface area (Å²) in [6.07, 6.45) is 11.8. The maximum absolute atomic E-state index is 14.4. The van der Waals surface area contributed by atoms with E-state index in [4.69, 9.17) is 22.8 Å². The van der Waals surface area contributed by atoms with Gasteiger partial charge in [0, 0.05) is 17.2 Å². The molecule has 0 aromatic heterocycles. The Labute approximate surface area is 175 Å². The first-order chi connectivity index (χ1) is 14.0. The molecule has 7 heteroatoms. The van der Waals surface area contributed by atoms with Crippen molar-refractivity contribution in [3.8, 4) is 18.1 Å². The second-order valence-corrected chi connectivity index (χ2v) is 7.70. The highest BCUT2D eigenvalue weighted by Crippen LogP contribution is 2.34. The second kappa shape index (κ2) is 9.80. The van der Waals surface area contributed by atoms with Gasteiger partial charge in [-0.15, -0.1) is 6.42 Å². The Morgan fingerprint density at radius 2 is 1.79 bits per heavy atom. The van der Waals surface area contributed by atoms with Crippen molar-refractivity contribution < 1.29 is 18.7 Å². The average Bonchev–Trinajstić information content (AvgIpc) is 3.22. The zero-order chi connectivity index (χ0) is 20.8. The molecule has 1 fully saturated rings. The van der Waals surface area contributed by atoms with E-state index in [-0.39, 0.29) is 29.3 Å². The maximum atomic E-state index is 14.4. The number of amides is 2. The monoisotopic (exact) mass is 418 g/mol. The number of carbonyl (C=O) groups is 2. The summed E-state index contributed by atoms with van der Waals surface area (Å²) in [5.74, 6) is 1.18. The fourth-order valence-electron chi connectivity index (χ4n) is 3.74. The number of halogens is 2. The van der Waals surface area contributed by atoms with E-state index >= 15 is 0 Å². The van der Waals surface area contributed by atoms with Crippen molar-refractivity contribution in [1.29, 1.82) is 0 Å². The molecule has 0 saturated heterocycles. The molecule has 3 rings (SSSR count). The van der Waals surface area contributed by atoms with E-state index in [1.54, 1.807) is 0 Å². The van der Waals surface area contributed by atoms with E-state index in [2.05, 4.69) is 16.6 Å². The molecule has 0 heterocycles. The van der Waals surface area contributed by atoms with Gasteiger partial charge in [-0.1, -0.05) is 17.5 Å². The Morgan fingerprint density at radius 1 is 1.14 bits per heavy atom. The van der Waals surface area contributed by atoms with Crippen molar-refractivity contribution in [2.45, 2.75) is 57.5 Å². The minimum atomic E-state index is -0.656. The van der Waals surface area contributed by atoms with Gasteiger partial charge in [-0.25, -0.2) is 4.39 Å². The Bertz CT molecular complexity index is 870. The van der Waals surface area contributed by atoms with Crippen LogP contribution in [0.5, 0.6) is 5.75 Å². The molecule has 5 nitrogen and oxygen atoms in total. The van der Waals surface area contributed by atoms with Crippen LogP contribution >= 0.6 is 11.6 Å². The van der Waals surface area contributed by atoms with Gasteiger partial charge in [-0.2, -0.15) is 0 Å². The zero-order valence-corrected chi connectivity index (χ0v) is 16.9. The zero-order valence-electron chi connectivity index (χ0n) is 16.2. The second-order valence-electron chi connectivity index (χ2n) is 7.29. The van der Waals surface area contributed by atoms with Crippen LogP contribution in [0.4, 0.5) is 10.1 Å². The third-order valence-electron chi connectivity index (χ3n) is 5.23. The quantitative estimate of drug-likeness (QED) is 0.674. The van der Waals surface area contributed by atoms with Crippen molar-refractivity contribution in [1.82, 2.24) is 5.32 Å². The van der Waals surface area contributed by atoms with Crippen molar-refractivity contribution >= 4 is 29.1 Å². The number of benzene rings is 1.